The number of hydrogen-bond donors (Lipinski definition) is 2. The fourth-order valence-corrected chi connectivity index (χ4v) is 2.52. The summed E-state index contributed by atoms with van der Waals surface area (Å²) in [5.74, 6) is 0. The average molecular weight is 214 g/mol. The van der Waals surface area contributed by atoms with Crippen LogP contribution in [0.3, 0.4) is 0 Å². The fraction of sp³-hybridized carbons (Fsp3) is 0.750. The van der Waals surface area contributed by atoms with Gasteiger partial charge in [0.05, 0.1) is 19.3 Å². The number of aromatic nitrogens is 3. The highest BCUT2D eigenvalue weighted by atomic mass is 32.2. The summed E-state index contributed by atoms with van der Waals surface area (Å²) in [7, 11) is 0. The van der Waals surface area contributed by atoms with Gasteiger partial charge in [-0.25, -0.2) is 4.68 Å². The molecule has 14 heavy (non-hydrogen) atoms. The van der Waals surface area contributed by atoms with Crippen LogP contribution in [0, 0.1) is 0 Å². The van der Waals surface area contributed by atoms with Crippen LogP contribution in [-0.2, 0) is 6.54 Å². The monoisotopic (exact) mass is 214 g/mol. The summed E-state index contributed by atoms with van der Waals surface area (Å²) >= 11 is 1.86. The van der Waals surface area contributed by atoms with Crippen molar-refractivity contribution in [1.29, 1.82) is 0 Å². The number of thioether (sulfide) groups is 1. The van der Waals surface area contributed by atoms with Gasteiger partial charge in [-0.2, -0.15) is 0 Å². The zero-order valence-corrected chi connectivity index (χ0v) is 8.87. The van der Waals surface area contributed by atoms with Crippen LogP contribution in [0.5, 0.6) is 0 Å². The molecule has 0 amide bonds. The number of rotatable bonds is 3. The van der Waals surface area contributed by atoms with Gasteiger partial charge in [-0.1, -0.05) is 12.1 Å². The summed E-state index contributed by atoms with van der Waals surface area (Å²) in [5.41, 5.74) is 0.952. The highest BCUT2D eigenvalue weighted by molar-refractivity contribution is 8.00. The number of hydrogen-bond acceptors (Lipinski definition) is 5. The first-order valence-corrected chi connectivity index (χ1v) is 5.63. The molecule has 0 aliphatic carbocycles. The number of nitrogens with zero attached hydrogens (tertiary/aromatic N) is 3. The molecule has 1 aliphatic heterocycles. The van der Waals surface area contributed by atoms with Crippen LogP contribution in [0.25, 0.3) is 0 Å². The van der Waals surface area contributed by atoms with Crippen LogP contribution in [0.1, 0.15) is 18.0 Å². The third kappa shape index (κ3) is 2.08. The highest BCUT2D eigenvalue weighted by Gasteiger charge is 2.24. The van der Waals surface area contributed by atoms with Crippen molar-refractivity contribution in [1.82, 2.24) is 20.3 Å². The summed E-state index contributed by atoms with van der Waals surface area (Å²) in [6.45, 7) is 3.82. The first-order valence-electron chi connectivity index (χ1n) is 4.69. The molecule has 1 fully saturated rings. The Kier molecular flexibility index (Phi) is 3.05. The van der Waals surface area contributed by atoms with E-state index in [1.54, 1.807) is 4.68 Å². The standard InChI is InChI=1S/C8H14N4OS/c1-6-4-9-8(14-6)7-5-12(2-3-13)11-10-7/h5-6,8-9,13H,2-4H2,1H3. The van der Waals surface area contributed by atoms with Crippen molar-refractivity contribution in [3.63, 3.8) is 0 Å². The Morgan fingerprint density at radius 3 is 3.29 bits per heavy atom. The van der Waals surface area contributed by atoms with E-state index in [9.17, 15) is 0 Å². The number of aliphatic hydroxyl groups excluding tert-OH is 1. The van der Waals surface area contributed by atoms with Gasteiger partial charge in [-0.05, 0) is 0 Å². The largest absolute Gasteiger partial charge is 0.394 e. The molecule has 0 spiro atoms. The molecule has 2 N–H and O–H groups in total. The van der Waals surface area contributed by atoms with E-state index in [0.717, 1.165) is 12.2 Å². The highest BCUT2D eigenvalue weighted by Crippen LogP contribution is 2.33. The van der Waals surface area contributed by atoms with Gasteiger partial charge in [0, 0.05) is 11.8 Å². The van der Waals surface area contributed by atoms with Gasteiger partial charge in [0.2, 0.25) is 0 Å². The molecule has 78 valence electrons. The molecule has 6 heteroatoms. The molecular formula is C8H14N4OS. The van der Waals surface area contributed by atoms with Crippen LogP contribution < -0.4 is 5.32 Å². The van der Waals surface area contributed by atoms with Crippen LogP contribution >= 0.6 is 11.8 Å². The van der Waals surface area contributed by atoms with E-state index in [0.29, 0.717) is 11.8 Å². The molecule has 0 aromatic carbocycles. The molecule has 0 saturated carbocycles. The third-order valence-electron chi connectivity index (χ3n) is 2.11. The number of aliphatic hydroxyl groups is 1. The molecule has 2 unspecified atom stereocenters. The molecular weight excluding hydrogens is 200 g/mol. The number of nitrogens with one attached hydrogen (secondary N) is 1. The first-order chi connectivity index (χ1) is 6.79. The minimum atomic E-state index is 0.102. The summed E-state index contributed by atoms with van der Waals surface area (Å²) < 4.78 is 1.67. The Balaban J connectivity index is 2.02. The van der Waals surface area contributed by atoms with Crippen molar-refractivity contribution in [2.75, 3.05) is 13.2 Å². The van der Waals surface area contributed by atoms with E-state index < -0.39 is 0 Å². The average Bonchev–Trinajstić information content (AvgIpc) is 2.74. The van der Waals surface area contributed by atoms with Gasteiger partial charge in [0.25, 0.3) is 0 Å². The van der Waals surface area contributed by atoms with E-state index in [-0.39, 0.29) is 12.0 Å². The van der Waals surface area contributed by atoms with Crippen molar-refractivity contribution in [2.24, 2.45) is 0 Å². The second kappa shape index (κ2) is 4.29. The molecule has 2 heterocycles. The summed E-state index contributed by atoms with van der Waals surface area (Å²) in [6, 6.07) is 0. The van der Waals surface area contributed by atoms with Crippen LogP contribution in [0.4, 0.5) is 0 Å². The van der Waals surface area contributed by atoms with E-state index in [1.807, 2.05) is 18.0 Å². The Hall–Kier alpha value is -0.590. The maximum Gasteiger partial charge on any atom is 0.110 e. The summed E-state index contributed by atoms with van der Waals surface area (Å²) in [4.78, 5) is 0. The Morgan fingerprint density at radius 1 is 1.79 bits per heavy atom. The molecule has 1 saturated heterocycles. The molecule has 2 rings (SSSR count). The normalized spacial score (nSPS) is 27.0. The molecule has 2 atom stereocenters. The molecule has 0 bridgehead atoms. The lowest BCUT2D eigenvalue weighted by atomic mass is 10.4. The van der Waals surface area contributed by atoms with E-state index >= 15 is 0 Å². The second-order valence-corrected chi connectivity index (χ2v) is 4.91. The van der Waals surface area contributed by atoms with Crippen LogP contribution in [0.15, 0.2) is 6.20 Å². The van der Waals surface area contributed by atoms with Crippen molar-refractivity contribution in [2.45, 2.75) is 24.1 Å². The van der Waals surface area contributed by atoms with Crippen molar-refractivity contribution in [3.05, 3.63) is 11.9 Å². The maximum atomic E-state index is 8.73. The lowest BCUT2D eigenvalue weighted by Gasteiger charge is -2.03. The smallest absolute Gasteiger partial charge is 0.110 e. The van der Waals surface area contributed by atoms with E-state index in [4.69, 9.17) is 5.11 Å². The molecule has 1 aromatic rings. The topological polar surface area (TPSA) is 63.0 Å². The fourth-order valence-electron chi connectivity index (χ4n) is 1.42. The van der Waals surface area contributed by atoms with Crippen molar-refractivity contribution in [3.8, 4) is 0 Å². The van der Waals surface area contributed by atoms with Gasteiger partial charge in [-0.15, -0.1) is 16.9 Å². The van der Waals surface area contributed by atoms with Crippen molar-refractivity contribution >= 4 is 11.8 Å². The Labute approximate surface area is 86.9 Å². The van der Waals surface area contributed by atoms with E-state index in [2.05, 4.69) is 22.6 Å². The maximum absolute atomic E-state index is 8.73. The molecule has 1 aliphatic rings. The predicted molar refractivity (Wildman–Crippen MR) is 54.9 cm³/mol. The minimum absolute atomic E-state index is 0.102. The minimum Gasteiger partial charge on any atom is -0.394 e. The molecule has 5 nitrogen and oxygen atoms in total. The molecule has 1 aromatic heterocycles. The summed E-state index contributed by atoms with van der Waals surface area (Å²) in [5, 5.41) is 21.0. The van der Waals surface area contributed by atoms with Crippen molar-refractivity contribution < 1.29 is 5.11 Å². The summed E-state index contributed by atoms with van der Waals surface area (Å²) in [6.07, 6.45) is 1.89. The second-order valence-electron chi connectivity index (χ2n) is 3.37. The quantitative estimate of drug-likeness (QED) is 0.741. The SMILES string of the molecule is CC1CNC(c2cn(CCO)nn2)S1. The molecule has 0 radical (unpaired) electrons. The lowest BCUT2D eigenvalue weighted by molar-refractivity contribution is 0.268. The Morgan fingerprint density at radius 2 is 2.64 bits per heavy atom. The van der Waals surface area contributed by atoms with Gasteiger partial charge in [-0.3, -0.25) is 5.32 Å². The first kappa shape index (κ1) is 9.95. The van der Waals surface area contributed by atoms with Crippen LogP contribution in [0.2, 0.25) is 0 Å². The lowest BCUT2D eigenvalue weighted by Crippen LogP contribution is -2.14. The zero-order chi connectivity index (χ0) is 9.97. The van der Waals surface area contributed by atoms with E-state index in [1.165, 1.54) is 0 Å². The third-order valence-corrected chi connectivity index (χ3v) is 3.42. The Bertz CT molecular complexity index is 303. The van der Waals surface area contributed by atoms with Gasteiger partial charge in [0.1, 0.15) is 11.1 Å². The van der Waals surface area contributed by atoms with Gasteiger partial charge in [0.15, 0.2) is 0 Å². The van der Waals surface area contributed by atoms with Crippen LogP contribution in [-0.4, -0.2) is 38.5 Å². The predicted octanol–water partition coefficient (Wildman–Crippen LogP) is -0.00610. The zero-order valence-electron chi connectivity index (χ0n) is 8.05. The van der Waals surface area contributed by atoms with Gasteiger partial charge < -0.3 is 5.11 Å². The van der Waals surface area contributed by atoms with Gasteiger partial charge >= 0.3 is 0 Å².